The lowest BCUT2D eigenvalue weighted by Crippen LogP contribution is -2.77. The van der Waals surface area contributed by atoms with Crippen molar-refractivity contribution in [2.45, 2.75) is 168 Å². The fraction of sp³-hybridized carbons (Fsp3) is 0.929. The second kappa shape index (κ2) is 12.8. The Morgan fingerprint density at radius 1 is 0.878 bits per heavy atom. The van der Waals surface area contributed by atoms with Crippen LogP contribution in [0.15, 0.2) is 11.6 Å². The lowest BCUT2D eigenvalue weighted by atomic mass is 9.38. The van der Waals surface area contributed by atoms with Crippen molar-refractivity contribution >= 4 is 30.9 Å². The first kappa shape index (κ1) is 38.2. The Labute approximate surface area is 311 Å². The molecule has 0 heterocycles. The smallest absolute Gasteiger partial charge is 0.410 e. The maximum absolute atomic E-state index is 13.9. The van der Waals surface area contributed by atoms with E-state index in [0.29, 0.717) is 5.41 Å². The number of rotatable bonds is 11. The van der Waals surface area contributed by atoms with Gasteiger partial charge >= 0.3 is 6.09 Å². The summed E-state index contributed by atoms with van der Waals surface area (Å²) in [6.45, 7) is 16.8. The van der Waals surface area contributed by atoms with Gasteiger partial charge in [-0.25, -0.2) is 4.79 Å². The highest BCUT2D eigenvalue weighted by molar-refractivity contribution is 5.85. The maximum atomic E-state index is 13.9. The van der Waals surface area contributed by atoms with Crippen molar-refractivity contribution < 1.29 is 9.53 Å². The maximum Gasteiger partial charge on any atom is 0.410 e. The minimum absolute atomic E-state index is 0. The molecule has 0 spiro atoms. The Balaban J connectivity index is 0.00000208. The molecular formula is C42H71Cl2N3O2. The van der Waals surface area contributed by atoms with Crippen LogP contribution < -0.4 is 11.5 Å². The molecule has 5 nitrogen and oxygen atoms in total. The number of nitrogens with zero attached hydrogens (tertiary/aromatic N) is 1. The first-order valence-electron chi connectivity index (χ1n) is 20.3. The van der Waals surface area contributed by atoms with Crippen LogP contribution in [0, 0.1) is 63.1 Å². The summed E-state index contributed by atoms with van der Waals surface area (Å²) in [7, 11) is 0. The average Bonchev–Trinajstić information content (AvgIpc) is 3.31. The Morgan fingerprint density at radius 3 is 2.04 bits per heavy atom. The van der Waals surface area contributed by atoms with Gasteiger partial charge in [-0.3, -0.25) is 0 Å². The van der Waals surface area contributed by atoms with E-state index in [9.17, 15) is 4.79 Å². The van der Waals surface area contributed by atoms with Gasteiger partial charge in [-0.1, -0.05) is 66.0 Å². The zero-order valence-electron chi connectivity index (χ0n) is 31.9. The zero-order chi connectivity index (χ0) is 33.2. The SMILES string of the molecule is CCC(CCC(C)[C@H]1CC[C@H]2[C@@H]3CC=C4C[C@@H](OC(=O)N(CC56CC(N)(C5)C6)CC56CC(N)(C5)C6)CC[C@]4(C)[C@H]3CC[C@]12C)C(C)C.Cl.Cl. The van der Waals surface area contributed by atoms with Crippen LogP contribution in [0.25, 0.3) is 0 Å². The molecule has 0 radical (unpaired) electrons. The normalized spacial score (nSPS) is 47.9. The molecular weight excluding hydrogens is 649 g/mol. The molecule has 10 aliphatic carbocycles. The number of carbonyl (C=O) groups is 1. The van der Waals surface area contributed by atoms with Crippen LogP contribution in [-0.2, 0) is 4.74 Å². The van der Waals surface area contributed by atoms with Crippen molar-refractivity contribution in [3.63, 3.8) is 0 Å². The van der Waals surface area contributed by atoms with E-state index in [2.05, 4.69) is 52.5 Å². The lowest BCUT2D eigenvalue weighted by Gasteiger charge is -2.72. The van der Waals surface area contributed by atoms with Gasteiger partial charge in [0.25, 0.3) is 0 Å². The predicted molar refractivity (Wildman–Crippen MR) is 205 cm³/mol. The van der Waals surface area contributed by atoms with E-state index < -0.39 is 0 Å². The second-order valence-corrected chi connectivity index (χ2v) is 20.8. The van der Waals surface area contributed by atoms with Gasteiger partial charge < -0.3 is 21.1 Å². The van der Waals surface area contributed by atoms with Gasteiger partial charge in [-0.05, 0) is 153 Å². The lowest BCUT2D eigenvalue weighted by molar-refractivity contribution is -0.173. The first-order valence-corrected chi connectivity index (χ1v) is 20.3. The van der Waals surface area contributed by atoms with Gasteiger partial charge in [-0.15, -0.1) is 24.8 Å². The number of ether oxygens (including phenoxy) is 1. The van der Waals surface area contributed by atoms with E-state index in [1.807, 2.05) is 0 Å². The predicted octanol–water partition coefficient (Wildman–Crippen LogP) is 10.1. The fourth-order valence-corrected chi connectivity index (χ4v) is 15.1. The van der Waals surface area contributed by atoms with Crippen LogP contribution in [0.1, 0.15) is 151 Å². The molecule has 0 aromatic heterocycles. The molecule has 10 rings (SSSR count). The highest BCUT2D eigenvalue weighted by atomic mass is 35.5. The van der Waals surface area contributed by atoms with Crippen molar-refractivity contribution in [2.75, 3.05) is 13.1 Å². The molecule has 4 bridgehead atoms. The fourth-order valence-electron chi connectivity index (χ4n) is 15.1. The molecule has 2 unspecified atom stereocenters. The molecule has 9 fully saturated rings. The van der Waals surface area contributed by atoms with Crippen LogP contribution in [-0.4, -0.2) is 41.3 Å². The molecule has 0 saturated heterocycles. The van der Waals surface area contributed by atoms with Crippen molar-refractivity contribution in [3.8, 4) is 0 Å². The Bertz CT molecular complexity index is 1230. The number of allylic oxidation sites excluding steroid dienone is 1. The van der Waals surface area contributed by atoms with Crippen LogP contribution >= 0.6 is 24.8 Å². The third kappa shape index (κ3) is 6.15. The first-order chi connectivity index (χ1) is 22.1. The summed E-state index contributed by atoms with van der Waals surface area (Å²) in [5.74, 6) is 5.96. The van der Waals surface area contributed by atoms with E-state index in [0.717, 1.165) is 106 Å². The van der Waals surface area contributed by atoms with E-state index >= 15 is 0 Å². The Kier molecular flexibility index (Phi) is 10.0. The van der Waals surface area contributed by atoms with Gasteiger partial charge in [0.15, 0.2) is 0 Å². The molecule has 280 valence electrons. The molecule has 10 aliphatic rings. The third-order valence-corrected chi connectivity index (χ3v) is 17.2. The van der Waals surface area contributed by atoms with Crippen LogP contribution in [0.3, 0.4) is 0 Å². The van der Waals surface area contributed by atoms with Crippen LogP contribution in [0.5, 0.6) is 0 Å². The number of carbonyl (C=O) groups excluding carboxylic acids is 1. The van der Waals surface area contributed by atoms with Gasteiger partial charge in [0.1, 0.15) is 6.10 Å². The molecule has 49 heavy (non-hydrogen) atoms. The van der Waals surface area contributed by atoms with Gasteiger partial charge in [0.2, 0.25) is 0 Å². The summed E-state index contributed by atoms with van der Waals surface area (Å²) in [6, 6.07) is 0. The highest BCUT2D eigenvalue weighted by Crippen LogP contribution is 2.69. The number of halogens is 2. The van der Waals surface area contributed by atoms with Crippen molar-refractivity contribution in [1.82, 2.24) is 4.90 Å². The minimum Gasteiger partial charge on any atom is -0.446 e. The average molecular weight is 721 g/mol. The molecule has 4 N–H and O–H groups in total. The van der Waals surface area contributed by atoms with E-state index in [1.165, 1.54) is 57.8 Å². The monoisotopic (exact) mass is 719 g/mol. The Hall–Kier alpha value is -0.490. The topological polar surface area (TPSA) is 81.6 Å². The second-order valence-electron chi connectivity index (χ2n) is 20.8. The summed E-state index contributed by atoms with van der Waals surface area (Å²) >= 11 is 0. The van der Waals surface area contributed by atoms with Gasteiger partial charge in [-0.2, -0.15) is 0 Å². The molecule has 0 aromatic carbocycles. The molecule has 0 aliphatic heterocycles. The zero-order valence-corrected chi connectivity index (χ0v) is 33.5. The molecule has 7 heteroatoms. The van der Waals surface area contributed by atoms with Crippen molar-refractivity contribution in [1.29, 1.82) is 0 Å². The third-order valence-electron chi connectivity index (χ3n) is 17.2. The Morgan fingerprint density at radius 2 is 1.49 bits per heavy atom. The summed E-state index contributed by atoms with van der Waals surface area (Å²) in [6.07, 6.45) is 23.3. The van der Waals surface area contributed by atoms with Crippen LogP contribution in [0.2, 0.25) is 0 Å². The molecule has 9 atom stereocenters. The number of hydrogen-bond donors (Lipinski definition) is 2. The van der Waals surface area contributed by atoms with E-state index in [-0.39, 0.29) is 64.3 Å². The number of fused-ring (bicyclic) bond motifs is 5. The van der Waals surface area contributed by atoms with Gasteiger partial charge in [0.05, 0.1) is 0 Å². The van der Waals surface area contributed by atoms with Crippen LogP contribution in [0.4, 0.5) is 4.79 Å². The van der Waals surface area contributed by atoms with Gasteiger partial charge in [0, 0.05) is 30.6 Å². The summed E-state index contributed by atoms with van der Waals surface area (Å²) in [5.41, 5.74) is 15.9. The molecule has 9 saturated carbocycles. The number of amides is 1. The van der Waals surface area contributed by atoms with Crippen molar-refractivity contribution in [2.24, 2.45) is 74.6 Å². The minimum atomic E-state index is -0.0577. The number of hydrogen-bond acceptors (Lipinski definition) is 4. The quantitative estimate of drug-likeness (QED) is 0.208. The number of nitrogens with two attached hydrogens (primary N) is 2. The largest absolute Gasteiger partial charge is 0.446 e. The van der Waals surface area contributed by atoms with Crippen molar-refractivity contribution in [3.05, 3.63) is 11.6 Å². The summed E-state index contributed by atoms with van der Waals surface area (Å²) in [4.78, 5) is 16.0. The highest BCUT2D eigenvalue weighted by Gasteiger charge is 2.69. The standard InChI is InChI=1S/C42H69N3O2.2ClH/c1-7-29(27(2)3)9-8-28(4)33-12-13-34-32-11-10-30-18-31(14-16-37(30,5)35(32)15-17-38(33,34)6)47-36(46)45(25-39-19-41(43,20-39)21-39)26-40-22-42(44,23-40)24-40;;/h10,27-29,31-35H,7-9,11-26,43-44H2,1-6H3;2*1H/t28?,29?,31-,32-,33+,34-,35-,37-,38+,39?,40?,41?,42?;;/m0../s1. The summed E-state index contributed by atoms with van der Waals surface area (Å²) in [5, 5.41) is 0. The summed E-state index contributed by atoms with van der Waals surface area (Å²) < 4.78 is 6.47. The van der Waals surface area contributed by atoms with E-state index in [1.54, 1.807) is 5.57 Å². The van der Waals surface area contributed by atoms with E-state index in [4.69, 9.17) is 16.2 Å². The molecule has 1 amide bonds. The molecule has 0 aromatic rings.